The van der Waals surface area contributed by atoms with Crippen LogP contribution in [0.15, 0.2) is 59.1 Å². The van der Waals surface area contributed by atoms with Crippen molar-refractivity contribution in [1.29, 1.82) is 5.26 Å². The summed E-state index contributed by atoms with van der Waals surface area (Å²) in [5.41, 5.74) is 5.61. The summed E-state index contributed by atoms with van der Waals surface area (Å²) in [6.07, 6.45) is 1.90. The fourth-order valence-electron chi connectivity index (χ4n) is 2.93. The Hall–Kier alpha value is -2.28. The van der Waals surface area contributed by atoms with Crippen molar-refractivity contribution >= 4 is 39.2 Å². The molecule has 0 aliphatic rings. The maximum atomic E-state index is 9.59. The molecule has 0 amide bonds. The average Bonchev–Trinajstić information content (AvgIpc) is 2.88. The number of hydrogen-bond donors (Lipinski definition) is 0. The third-order valence-electron chi connectivity index (χ3n) is 4.14. The van der Waals surface area contributed by atoms with E-state index in [1.807, 2.05) is 36.4 Å². The SMILES string of the molecule is Cc1cc(C=C(C#N)c2ccccc2Cl)c(C)n1-c1ccc(Br)cc1. The lowest BCUT2D eigenvalue weighted by Gasteiger charge is -2.10. The number of benzene rings is 2. The molecule has 2 nitrogen and oxygen atoms in total. The van der Waals surface area contributed by atoms with Gasteiger partial charge in [0.2, 0.25) is 0 Å². The molecular weight excluding hydrogens is 396 g/mol. The van der Waals surface area contributed by atoms with Crippen LogP contribution in [0.4, 0.5) is 0 Å². The molecule has 0 atom stereocenters. The van der Waals surface area contributed by atoms with E-state index in [9.17, 15) is 5.26 Å². The Bertz CT molecular complexity index is 992. The highest BCUT2D eigenvalue weighted by Gasteiger charge is 2.12. The van der Waals surface area contributed by atoms with Gasteiger partial charge < -0.3 is 4.57 Å². The summed E-state index contributed by atoms with van der Waals surface area (Å²) in [5.74, 6) is 0. The Kier molecular flexibility index (Phi) is 5.13. The van der Waals surface area contributed by atoms with E-state index in [0.717, 1.165) is 32.7 Å². The molecule has 0 saturated heterocycles. The highest BCUT2D eigenvalue weighted by molar-refractivity contribution is 9.10. The normalized spacial score (nSPS) is 11.4. The molecule has 3 aromatic rings. The summed E-state index contributed by atoms with van der Waals surface area (Å²) in [7, 11) is 0. The van der Waals surface area contributed by atoms with Crippen molar-refractivity contribution in [3.63, 3.8) is 0 Å². The number of aromatic nitrogens is 1. The highest BCUT2D eigenvalue weighted by atomic mass is 79.9. The minimum Gasteiger partial charge on any atom is -0.318 e. The van der Waals surface area contributed by atoms with E-state index < -0.39 is 0 Å². The predicted octanol–water partition coefficient (Wildman–Crippen LogP) is 6.57. The standard InChI is InChI=1S/C21H16BrClN2/c1-14-11-16(12-17(13-24)20-5-3-4-6-21(20)23)15(2)25(14)19-9-7-18(22)8-10-19/h3-12H,1-2H3. The summed E-state index contributed by atoms with van der Waals surface area (Å²) in [5, 5.41) is 10.2. The molecule has 0 N–H and O–H groups in total. The van der Waals surface area contributed by atoms with Crippen LogP contribution in [-0.2, 0) is 0 Å². The molecule has 0 radical (unpaired) electrons. The largest absolute Gasteiger partial charge is 0.318 e. The second kappa shape index (κ2) is 7.31. The van der Waals surface area contributed by atoms with E-state index in [2.05, 4.69) is 58.6 Å². The Morgan fingerprint density at radius 1 is 1.12 bits per heavy atom. The van der Waals surface area contributed by atoms with Gasteiger partial charge in [-0.15, -0.1) is 0 Å². The monoisotopic (exact) mass is 410 g/mol. The minimum absolute atomic E-state index is 0.557. The van der Waals surface area contributed by atoms with Crippen LogP contribution in [0, 0.1) is 25.2 Å². The molecule has 1 heterocycles. The van der Waals surface area contributed by atoms with E-state index in [1.54, 1.807) is 6.07 Å². The third kappa shape index (κ3) is 3.56. The highest BCUT2D eigenvalue weighted by Crippen LogP contribution is 2.28. The number of halogens is 2. The maximum Gasteiger partial charge on any atom is 0.0998 e. The molecule has 0 aliphatic heterocycles. The summed E-state index contributed by atoms with van der Waals surface area (Å²) in [4.78, 5) is 0. The van der Waals surface area contributed by atoms with Gasteiger partial charge in [-0.2, -0.15) is 5.26 Å². The van der Waals surface area contributed by atoms with Crippen molar-refractivity contribution in [3.8, 4) is 11.8 Å². The quantitative estimate of drug-likeness (QED) is 0.448. The first-order valence-corrected chi connectivity index (χ1v) is 9.00. The van der Waals surface area contributed by atoms with E-state index in [0.29, 0.717) is 10.6 Å². The van der Waals surface area contributed by atoms with Crippen LogP contribution in [0.5, 0.6) is 0 Å². The Morgan fingerprint density at radius 2 is 1.80 bits per heavy atom. The van der Waals surface area contributed by atoms with Crippen molar-refractivity contribution in [2.45, 2.75) is 13.8 Å². The molecule has 0 aliphatic carbocycles. The van der Waals surface area contributed by atoms with Gasteiger partial charge in [0.1, 0.15) is 0 Å². The topological polar surface area (TPSA) is 28.7 Å². The molecule has 0 saturated carbocycles. The number of nitriles is 1. The van der Waals surface area contributed by atoms with Gasteiger partial charge in [0.15, 0.2) is 0 Å². The second-order valence-electron chi connectivity index (χ2n) is 5.79. The zero-order valence-electron chi connectivity index (χ0n) is 13.9. The van der Waals surface area contributed by atoms with Crippen LogP contribution < -0.4 is 0 Å². The zero-order valence-corrected chi connectivity index (χ0v) is 16.3. The van der Waals surface area contributed by atoms with Crippen LogP contribution in [0.2, 0.25) is 5.02 Å². The van der Waals surface area contributed by atoms with Crippen molar-refractivity contribution in [2.24, 2.45) is 0 Å². The molecule has 1 aromatic heterocycles. The molecule has 4 heteroatoms. The van der Waals surface area contributed by atoms with Gasteiger partial charge in [-0.1, -0.05) is 45.7 Å². The summed E-state index contributed by atoms with van der Waals surface area (Å²) < 4.78 is 3.23. The van der Waals surface area contributed by atoms with Crippen molar-refractivity contribution in [1.82, 2.24) is 4.57 Å². The van der Waals surface area contributed by atoms with E-state index in [1.165, 1.54) is 0 Å². The van der Waals surface area contributed by atoms with E-state index in [4.69, 9.17) is 11.6 Å². The van der Waals surface area contributed by atoms with Crippen molar-refractivity contribution in [3.05, 3.63) is 86.6 Å². The third-order valence-corrected chi connectivity index (χ3v) is 5.00. The first-order chi connectivity index (χ1) is 12.0. The van der Waals surface area contributed by atoms with E-state index in [-0.39, 0.29) is 0 Å². The summed E-state index contributed by atoms with van der Waals surface area (Å²) in [6.45, 7) is 4.12. The number of hydrogen-bond acceptors (Lipinski definition) is 1. The number of rotatable bonds is 3. The van der Waals surface area contributed by atoms with Crippen molar-refractivity contribution in [2.75, 3.05) is 0 Å². The van der Waals surface area contributed by atoms with Gasteiger partial charge in [0.05, 0.1) is 11.6 Å². The fraction of sp³-hybridized carbons (Fsp3) is 0.0952. The molecule has 0 fully saturated rings. The smallest absolute Gasteiger partial charge is 0.0998 e. The maximum absolute atomic E-state index is 9.59. The molecule has 0 spiro atoms. The molecule has 0 unspecified atom stereocenters. The van der Waals surface area contributed by atoms with Crippen LogP contribution in [-0.4, -0.2) is 4.57 Å². The predicted molar refractivity (Wildman–Crippen MR) is 108 cm³/mol. The van der Waals surface area contributed by atoms with Crippen LogP contribution in [0.1, 0.15) is 22.5 Å². The average molecular weight is 412 g/mol. The number of nitrogens with zero attached hydrogens (tertiary/aromatic N) is 2. The van der Waals surface area contributed by atoms with Gasteiger partial charge in [-0.25, -0.2) is 0 Å². The van der Waals surface area contributed by atoms with Gasteiger partial charge >= 0.3 is 0 Å². The molecule has 2 aromatic carbocycles. The van der Waals surface area contributed by atoms with E-state index >= 15 is 0 Å². The van der Waals surface area contributed by atoms with Gasteiger partial charge in [-0.3, -0.25) is 0 Å². The van der Waals surface area contributed by atoms with Gasteiger partial charge in [0.25, 0.3) is 0 Å². The second-order valence-corrected chi connectivity index (χ2v) is 7.11. The Labute approximate surface area is 161 Å². The Morgan fingerprint density at radius 3 is 2.44 bits per heavy atom. The molecule has 25 heavy (non-hydrogen) atoms. The first kappa shape index (κ1) is 17.5. The lowest BCUT2D eigenvalue weighted by Crippen LogP contribution is -1.98. The van der Waals surface area contributed by atoms with Crippen LogP contribution >= 0.6 is 27.5 Å². The molecule has 0 bridgehead atoms. The fourth-order valence-corrected chi connectivity index (χ4v) is 3.43. The Balaban J connectivity index is 2.10. The van der Waals surface area contributed by atoms with Crippen LogP contribution in [0.3, 0.4) is 0 Å². The lowest BCUT2D eigenvalue weighted by atomic mass is 10.0. The molecule has 3 rings (SSSR count). The number of aryl methyl sites for hydroxylation is 1. The minimum atomic E-state index is 0.557. The number of allylic oxidation sites excluding steroid dienone is 1. The van der Waals surface area contributed by atoms with Gasteiger partial charge in [-0.05, 0) is 61.9 Å². The first-order valence-electron chi connectivity index (χ1n) is 7.83. The molecule has 124 valence electrons. The van der Waals surface area contributed by atoms with Crippen LogP contribution in [0.25, 0.3) is 17.3 Å². The molecular formula is C21H16BrClN2. The lowest BCUT2D eigenvalue weighted by molar-refractivity contribution is 0.964. The van der Waals surface area contributed by atoms with Crippen molar-refractivity contribution < 1.29 is 0 Å². The summed E-state index contributed by atoms with van der Waals surface area (Å²) >= 11 is 9.72. The summed E-state index contributed by atoms with van der Waals surface area (Å²) in [6, 6.07) is 20.0. The zero-order chi connectivity index (χ0) is 18.0. The van der Waals surface area contributed by atoms with Gasteiger partial charge in [0, 0.05) is 32.1 Å².